The van der Waals surface area contributed by atoms with E-state index in [0.29, 0.717) is 33.9 Å². The maximum absolute atomic E-state index is 12.8. The van der Waals surface area contributed by atoms with E-state index in [1.165, 1.54) is 38.3 Å². The van der Waals surface area contributed by atoms with Crippen molar-refractivity contribution in [1.29, 1.82) is 0 Å². The fourth-order valence-electron chi connectivity index (χ4n) is 3.78. The summed E-state index contributed by atoms with van der Waals surface area (Å²) in [6.07, 6.45) is 9.87. The Morgan fingerprint density at radius 2 is 1.67 bits per heavy atom. The summed E-state index contributed by atoms with van der Waals surface area (Å²) >= 11 is 6.50. The van der Waals surface area contributed by atoms with Crippen molar-refractivity contribution in [3.05, 3.63) is 46.7 Å². The quantitative estimate of drug-likeness (QED) is 0.311. The minimum Gasteiger partial charge on any atom is -0.494 e. The molecule has 7 nitrogen and oxygen atoms in total. The number of nitrogens with zero attached hydrogens (tertiary/aromatic N) is 3. The monoisotopic (exact) mass is 472 g/mol. The lowest BCUT2D eigenvalue weighted by Gasteiger charge is -2.09. The fraction of sp³-hybridized carbons (Fsp3) is 0.480. The minimum absolute atomic E-state index is 0.312. The van der Waals surface area contributed by atoms with Crippen LogP contribution in [0.1, 0.15) is 61.0 Å². The molecule has 2 heterocycles. The number of pyridine rings is 1. The highest BCUT2D eigenvalue weighted by molar-refractivity contribution is 6.39. The molecule has 0 unspecified atom stereocenters. The fourth-order valence-corrected chi connectivity index (χ4v) is 4.14. The molecule has 0 atom stereocenters. The number of nitrogens with one attached hydrogen (secondary N) is 1. The van der Waals surface area contributed by atoms with Crippen molar-refractivity contribution in [1.82, 2.24) is 14.8 Å². The lowest BCUT2D eigenvalue weighted by molar-refractivity contribution is 0.102. The van der Waals surface area contributed by atoms with Gasteiger partial charge in [-0.3, -0.25) is 9.48 Å². The molecule has 1 N–H and O–H groups in total. The van der Waals surface area contributed by atoms with Crippen molar-refractivity contribution in [2.45, 2.75) is 51.9 Å². The maximum atomic E-state index is 12.8. The third-order valence-corrected chi connectivity index (χ3v) is 5.97. The molecular weight excluding hydrogens is 440 g/mol. The summed E-state index contributed by atoms with van der Waals surface area (Å²) in [6, 6.07) is 7.37. The van der Waals surface area contributed by atoms with Crippen LogP contribution in [0, 0.1) is 6.92 Å². The van der Waals surface area contributed by atoms with E-state index in [0.717, 1.165) is 30.9 Å². The molecule has 0 radical (unpaired) electrons. The van der Waals surface area contributed by atoms with Gasteiger partial charge in [0.25, 0.3) is 5.91 Å². The van der Waals surface area contributed by atoms with Crippen LogP contribution in [0.5, 0.6) is 5.75 Å². The first-order valence-corrected chi connectivity index (χ1v) is 11.9. The van der Waals surface area contributed by atoms with E-state index in [1.807, 2.05) is 31.2 Å². The van der Waals surface area contributed by atoms with E-state index in [2.05, 4.69) is 15.4 Å². The van der Waals surface area contributed by atoms with Crippen molar-refractivity contribution in [3.63, 3.8) is 0 Å². The van der Waals surface area contributed by atoms with E-state index >= 15 is 0 Å². The molecule has 0 fully saturated rings. The van der Waals surface area contributed by atoms with Gasteiger partial charge in [0.2, 0.25) is 0 Å². The molecule has 1 aromatic carbocycles. The number of ether oxygens (including phenoxy) is 2. The van der Waals surface area contributed by atoms with Crippen molar-refractivity contribution >= 4 is 34.2 Å². The van der Waals surface area contributed by atoms with Gasteiger partial charge in [0.15, 0.2) is 5.65 Å². The van der Waals surface area contributed by atoms with Crippen LogP contribution in [0.25, 0.3) is 11.0 Å². The molecule has 0 saturated heterocycles. The molecule has 3 rings (SSSR count). The number of aromatic nitrogens is 3. The molecular formula is C25H33ClN4O3. The van der Waals surface area contributed by atoms with Crippen molar-refractivity contribution in [2.75, 3.05) is 25.6 Å². The summed E-state index contributed by atoms with van der Waals surface area (Å²) in [5.74, 6) is 0.480. The number of carbonyl (C=O) groups is 1. The second-order valence-electron chi connectivity index (χ2n) is 8.19. The summed E-state index contributed by atoms with van der Waals surface area (Å²) in [5.41, 5.74) is 2.38. The molecule has 0 spiro atoms. The van der Waals surface area contributed by atoms with E-state index in [4.69, 9.17) is 21.1 Å². The topological polar surface area (TPSA) is 78.3 Å². The Labute approximate surface area is 200 Å². The Hall–Kier alpha value is -2.64. The average Bonchev–Trinajstić information content (AvgIpc) is 3.10. The standard InChI is InChI=1S/C25H33ClN4O3/c1-18-22-23(26)21(17-27-24(22)30(2)29-18)25(31)28-19-11-13-20(14-12-19)33-16-10-8-6-4-5-7-9-15-32-3/h11-14,17H,4-10,15-16H2,1-3H3,(H,28,31). The van der Waals surface area contributed by atoms with Crippen LogP contribution in [0.15, 0.2) is 30.5 Å². The first-order valence-electron chi connectivity index (χ1n) is 11.5. The number of fused-ring (bicyclic) bond motifs is 1. The van der Waals surface area contributed by atoms with Gasteiger partial charge in [-0.1, -0.05) is 43.7 Å². The normalized spacial score (nSPS) is 11.2. The number of rotatable bonds is 13. The molecule has 2 aromatic heterocycles. The summed E-state index contributed by atoms with van der Waals surface area (Å²) in [7, 11) is 3.55. The van der Waals surface area contributed by atoms with E-state index in [9.17, 15) is 4.79 Å². The van der Waals surface area contributed by atoms with Crippen LogP contribution in [0.4, 0.5) is 5.69 Å². The first-order chi connectivity index (χ1) is 16.0. The third-order valence-electron chi connectivity index (χ3n) is 5.58. The van der Waals surface area contributed by atoms with Gasteiger partial charge < -0.3 is 14.8 Å². The molecule has 8 heteroatoms. The van der Waals surface area contributed by atoms with Gasteiger partial charge in [-0.15, -0.1) is 0 Å². The highest BCUT2D eigenvalue weighted by Gasteiger charge is 2.18. The smallest absolute Gasteiger partial charge is 0.258 e. The van der Waals surface area contributed by atoms with Crippen LogP contribution in [0.2, 0.25) is 5.02 Å². The van der Waals surface area contributed by atoms with Crippen LogP contribution in [-0.4, -0.2) is 41.0 Å². The number of benzene rings is 1. The number of halogens is 1. The third kappa shape index (κ3) is 6.92. The van der Waals surface area contributed by atoms with Gasteiger partial charge >= 0.3 is 0 Å². The van der Waals surface area contributed by atoms with Gasteiger partial charge in [0.1, 0.15) is 5.75 Å². The zero-order valence-electron chi connectivity index (χ0n) is 19.7. The molecule has 0 bridgehead atoms. The maximum Gasteiger partial charge on any atom is 0.258 e. The van der Waals surface area contributed by atoms with Crippen molar-refractivity contribution in [3.8, 4) is 5.75 Å². The Bertz CT molecular complexity index is 1050. The molecule has 0 saturated carbocycles. The summed E-state index contributed by atoms with van der Waals surface area (Å²) < 4.78 is 12.5. The molecule has 0 aliphatic carbocycles. The van der Waals surface area contributed by atoms with Gasteiger partial charge in [-0.25, -0.2) is 4.98 Å². The van der Waals surface area contributed by atoms with Gasteiger partial charge in [-0.2, -0.15) is 5.10 Å². The first kappa shape index (κ1) is 25.0. The highest BCUT2D eigenvalue weighted by atomic mass is 35.5. The predicted molar refractivity (Wildman–Crippen MR) is 132 cm³/mol. The second kappa shape index (κ2) is 12.6. The molecule has 33 heavy (non-hydrogen) atoms. The van der Waals surface area contributed by atoms with Gasteiger partial charge in [0.05, 0.1) is 28.3 Å². The number of hydrogen-bond donors (Lipinski definition) is 1. The van der Waals surface area contributed by atoms with Gasteiger partial charge in [0, 0.05) is 32.6 Å². The lowest BCUT2D eigenvalue weighted by atomic mass is 10.1. The van der Waals surface area contributed by atoms with Crippen molar-refractivity contribution < 1.29 is 14.3 Å². The largest absolute Gasteiger partial charge is 0.494 e. The van der Waals surface area contributed by atoms with E-state index in [-0.39, 0.29) is 5.91 Å². The number of aryl methyl sites for hydroxylation is 2. The zero-order chi connectivity index (χ0) is 23.6. The molecule has 0 aliphatic heterocycles. The predicted octanol–water partition coefficient (Wildman–Crippen LogP) is 5.94. The molecule has 1 amide bonds. The Balaban J connectivity index is 1.42. The number of methoxy groups -OCH3 is 1. The number of hydrogen-bond acceptors (Lipinski definition) is 5. The van der Waals surface area contributed by atoms with E-state index in [1.54, 1.807) is 18.8 Å². The van der Waals surface area contributed by atoms with Crippen LogP contribution in [0.3, 0.4) is 0 Å². The summed E-state index contributed by atoms with van der Waals surface area (Å²) in [6.45, 7) is 3.41. The SMILES string of the molecule is COCCCCCCCCCOc1ccc(NC(=O)c2cnc3c(c(C)nn3C)c2Cl)cc1. The summed E-state index contributed by atoms with van der Waals surface area (Å²) in [5, 5.41) is 8.25. The zero-order valence-corrected chi connectivity index (χ0v) is 20.5. The second-order valence-corrected chi connectivity index (χ2v) is 8.57. The van der Waals surface area contributed by atoms with E-state index < -0.39 is 0 Å². The number of unbranched alkanes of at least 4 members (excludes halogenated alkanes) is 6. The number of carbonyl (C=O) groups excluding carboxylic acids is 1. The van der Waals surface area contributed by atoms with Gasteiger partial charge in [-0.05, 0) is 44.0 Å². The number of amides is 1. The molecule has 0 aliphatic rings. The Morgan fingerprint density at radius 1 is 1.03 bits per heavy atom. The Kier molecular flexibility index (Phi) is 9.51. The average molecular weight is 473 g/mol. The summed E-state index contributed by atoms with van der Waals surface area (Å²) in [4.78, 5) is 17.1. The van der Waals surface area contributed by atoms with Crippen LogP contribution in [-0.2, 0) is 11.8 Å². The molecule has 178 valence electrons. The number of anilines is 1. The lowest BCUT2D eigenvalue weighted by Crippen LogP contribution is -2.13. The van der Waals surface area contributed by atoms with Crippen LogP contribution < -0.4 is 10.1 Å². The highest BCUT2D eigenvalue weighted by Crippen LogP contribution is 2.28. The minimum atomic E-state index is -0.312. The Morgan fingerprint density at radius 3 is 2.33 bits per heavy atom. The van der Waals surface area contributed by atoms with Crippen molar-refractivity contribution in [2.24, 2.45) is 7.05 Å². The molecule has 3 aromatic rings. The van der Waals surface area contributed by atoms with Crippen LogP contribution >= 0.6 is 11.6 Å².